The van der Waals surface area contributed by atoms with Crippen molar-refractivity contribution in [2.45, 2.75) is 19.8 Å². The molecule has 0 radical (unpaired) electrons. The highest BCUT2D eigenvalue weighted by Crippen LogP contribution is 2.29. The molecule has 22 heavy (non-hydrogen) atoms. The number of nitrogens with one attached hydrogen (secondary N) is 2. The SMILES string of the molecule is C=C(NC(=O)c1ccnc(NC(=O)C2CC2)c1)SC(C)=NC. The molecule has 2 N–H and O–H groups in total. The Labute approximate surface area is 133 Å². The normalized spacial score (nSPS) is 14.4. The molecule has 1 aliphatic rings. The molecule has 0 bridgehead atoms. The van der Waals surface area contributed by atoms with Crippen molar-refractivity contribution in [2.75, 3.05) is 12.4 Å². The monoisotopic (exact) mass is 318 g/mol. The van der Waals surface area contributed by atoms with E-state index in [4.69, 9.17) is 0 Å². The van der Waals surface area contributed by atoms with E-state index in [2.05, 4.69) is 27.2 Å². The Hall–Kier alpha value is -2.15. The number of carbonyl (C=O) groups excluding carboxylic acids is 2. The van der Waals surface area contributed by atoms with E-state index in [1.165, 1.54) is 18.0 Å². The molecule has 1 aromatic rings. The zero-order valence-electron chi connectivity index (χ0n) is 12.5. The van der Waals surface area contributed by atoms with Crippen LogP contribution < -0.4 is 10.6 Å². The van der Waals surface area contributed by atoms with Crippen LogP contribution in [0, 0.1) is 5.92 Å². The quantitative estimate of drug-likeness (QED) is 0.645. The van der Waals surface area contributed by atoms with Gasteiger partial charge in [0.2, 0.25) is 5.91 Å². The Morgan fingerprint density at radius 1 is 1.45 bits per heavy atom. The zero-order valence-corrected chi connectivity index (χ0v) is 13.4. The minimum absolute atomic E-state index is 0.0418. The van der Waals surface area contributed by atoms with Gasteiger partial charge in [0.15, 0.2) is 0 Å². The van der Waals surface area contributed by atoms with E-state index >= 15 is 0 Å². The Bertz CT molecular complexity index is 638. The average Bonchev–Trinajstić information content (AvgIpc) is 3.31. The minimum Gasteiger partial charge on any atom is -0.317 e. The van der Waals surface area contributed by atoms with Crippen LogP contribution in [0.5, 0.6) is 0 Å². The molecule has 1 aromatic heterocycles. The molecular formula is C15H18N4O2S. The number of amides is 2. The molecule has 0 unspecified atom stereocenters. The number of rotatable bonds is 5. The molecule has 1 saturated carbocycles. The van der Waals surface area contributed by atoms with Crippen LogP contribution in [-0.4, -0.2) is 28.9 Å². The van der Waals surface area contributed by atoms with Crippen molar-refractivity contribution in [3.63, 3.8) is 0 Å². The summed E-state index contributed by atoms with van der Waals surface area (Å²) in [6.45, 7) is 5.61. The van der Waals surface area contributed by atoms with Crippen LogP contribution in [-0.2, 0) is 4.79 Å². The topological polar surface area (TPSA) is 83.5 Å². The van der Waals surface area contributed by atoms with Crippen LogP contribution in [0.1, 0.15) is 30.1 Å². The molecule has 0 spiro atoms. The van der Waals surface area contributed by atoms with E-state index in [0.29, 0.717) is 16.4 Å². The molecule has 1 heterocycles. The smallest absolute Gasteiger partial charge is 0.256 e. The predicted octanol–water partition coefficient (Wildman–Crippen LogP) is 2.41. The lowest BCUT2D eigenvalue weighted by atomic mass is 10.2. The molecule has 0 atom stereocenters. The fourth-order valence-corrected chi connectivity index (χ4v) is 2.25. The number of aliphatic imine (C=N–C) groups is 1. The lowest BCUT2D eigenvalue weighted by Crippen LogP contribution is -2.22. The van der Waals surface area contributed by atoms with Crippen LogP contribution in [0.25, 0.3) is 0 Å². The van der Waals surface area contributed by atoms with Crippen LogP contribution in [0.3, 0.4) is 0 Å². The van der Waals surface area contributed by atoms with Crippen LogP contribution >= 0.6 is 11.8 Å². The molecule has 0 saturated heterocycles. The van der Waals surface area contributed by atoms with Gasteiger partial charge in [0, 0.05) is 24.7 Å². The van der Waals surface area contributed by atoms with E-state index in [1.807, 2.05) is 6.92 Å². The van der Waals surface area contributed by atoms with Gasteiger partial charge >= 0.3 is 0 Å². The third-order valence-corrected chi connectivity index (χ3v) is 3.89. The molecule has 1 fully saturated rings. The van der Waals surface area contributed by atoms with Crippen molar-refractivity contribution in [1.82, 2.24) is 10.3 Å². The fourth-order valence-electron chi connectivity index (χ4n) is 1.66. The fraction of sp³-hybridized carbons (Fsp3) is 0.333. The average molecular weight is 318 g/mol. The number of nitrogens with zero attached hydrogens (tertiary/aromatic N) is 2. The van der Waals surface area contributed by atoms with Gasteiger partial charge in [-0.1, -0.05) is 18.3 Å². The minimum atomic E-state index is -0.300. The largest absolute Gasteiger partial charge is 0.317 e. The first kappa shape index (κ1) is 16.2. The maximum absolute atomic E-state index is 12.1. The molecular weight excluding hydrogens is 300 g/mol. The highest BCUT2D eigenvalue weighted by Gasteiger charge is 2.29. The number of hydrogen-bond acceptors (Lipinski definition) is 5. The van der Waals surface area contributed by atoms with Gasteiger partial charge in [-0.05, 0) is 31.9 Å². The molecule has 7 heteroatoms. The van der Waals surface area contributed by atoms with E-state index < -0.39 is 0 Å². The van der Waals surface area contributed by atoms with Gasteiger partial charge in [0.1, 0.15) is 5.82 Å². The number of pyridine rings is 1. The number of aromatic nitrogens is 1. The number of hydrogen-bond donors (Lipinski definition) is 2. The number of thioether (sulfide) groups is 1. The van der Waals surface area contributed by atoms with Crippen LogP contribution in [0.2, 0.25) is 0 Å². The standard InChI is InChI=1S/C15H18N4O2S/c1-9(16-3)22-10(2)18-15(21)12-6-7-17-13(8-12)19-14(20)11-4-5-11/h6-8,11H,2,4-5H2,1,3H3,(H,18,21)(H,17,19,20). The maximum Gasteiger partial charge on any atom is 0.256 e. The molecule has 0 aromatic carbocycles. The highest BCUT2D eigenvalue weighted by atomic mass is 32.2. The van der Waals surface area contributed by atoms with E-state index in [-0.39, 0.29) is 17.7 Å². The molecule has 6 nitrogen and oxygen atoms in total. The third kappa shape index (κ3) is 4.70. The van der Waals surface area contributed by atoms with Gasteiger partial charge in [-0.25, -0.2) is 4.98 Å². The van der Waals surface area contributed by atoms with Gasteiger partial charge in [-0.2, -0.15) is 0 Å². The first-order valence-corrected chi connectivity index (χ1v) is 7.69. The lowest BCUT2D eigenvalue weighted by molar-refractivity contribution is -0.117. The van der Waals surface area contributed by atoms with Crippen molar-refractivity contribution in [1.29, 1.82) is 0 Å². The van der Waals surface area contributed by atoms with Crippen molar-refractivity contribution in [3.05, 3.63) is 35.5 Å². The van der Waals surface area contributed by atoms with Crippen LogP contribution in [0.4, 0.5) is 5.82 Å². The van der Waals surface area contributed by atoms with Crippen molar-refractivity contribution >= 4 is 34.4 Å². The third-order valence-electron chi connectivity index (χ3n) is 3.06. The lowest BCUT2D eigenvalue weighted by Gasteiger charge is -2.09. The van der Waals surface area contributed by atoms with Gasteiger partial charge in [-0.15, -0.1) is 0 Å². The summed E-state index contributed by atoms with van der Waals surface area (Å²) in [5.41, 5.74) is 0.411. The molecule has 116 valence electrons. The van der Waals surface area contributed by atoms with Gasteiger partial charge in [-0.3, -0.25) is 14.6 Å². The van der Waals surface area contributed by atoms with E-state index in [1.54, 1.807) is 19.2 Å². The Balaban J connectivity index is 1.97. The summed E-state index contributed by atoms with van der Waals surface area (Å²) >= 11 is 1.29. The Morgan fingerprint density at radius 2 is 2.18 bits per heavy atom. The van der Waals surface area contributed by atoms with E-state index in [0.717, 1.165) is 17.9 Å². The van der Waals surface area contributed by atoms with E-state index in [9.17, 15) is 9.59 Å². The van der Waals surface area contributed by atoms with Gasteiger partial charge in [0.25, 0.3) is 5.91 Å². The molecule has 2 rings (SSSR count). The van der Waals surface area contributed by atoms with Crippen LogP contribution in [0.15, 0.2) is 34.9 Å². The highest BCUT2D eigenvalue weighted by molar-refractivity contribution is 8.17. The second kappa shape index (κ2) is 7.22. The zero-order chi connectivity index (χ0) is 16.1. The van der Waals surface area contributed by atoms with Crippen molar-refractivity contribution in [3.8, 4) is 0 Å². The molecule has 2 amide bonds. The predicted molar refractivity (Wildman–Crippen MR) is 88.8 cm³/mol. The summed E-state index contributed by atoms with van der Waals surface area (Å²) in [6.07, 6.45) is 3.33. The number of anilines is 1. The Kier molecular flexibility index (Phi) is 5.32. The summed E-state index contributed by atoms with van der Waals surface area (Å²) in [4.78, 5) is 31.9. The molecule has 0 aliphatic heterocycles. The summed E-state index contributed by atoms with van der Waals surface area (Å²) in [5.74, 6) is 0.131. The Morgan fingerprint density at radius 3 is 2.82 bits per heavy atom. The summed E-state index contributed by atoms with van der Waals surface area (Å²) < 4.78 is 0. The summed E-state index contributed by atoms with van der Waals surface area (Å²) in [6, 6.07) is 3.13. The first-order chi connectivity index (χ1) is 10.5. The van der Waals surface area contributed by atoms with Crippen molar-refractivity contribution in [2.24, 2.45) is 10.9 Å². The second-order valence-corrected chi connectivity index (χ2v) is 6.20. The maximum atomic E-state index is 12.1. The molecule has 1 aliphatic carbocycles. The van der Waals surface area contributed by atoms with Gasteiger partial charge < -0.3 is 10.6 Å². The second-order valence-electron chi connectivity index (χ2n) is 4.92. The summed E-state index contributed by atoms with van der Waals surface area (Å²) in [5, 5.41) is 6.70. The number of carbonyl (C=O) groups is 2. The summed E-state index contributed by atoms with van der Waals surface area (Å²) in [7, 11) is 1.68. The first-order valence-electron chi connectivity index (χ1n) is 6.88. The van der Waals surface area contributed by atoms with Gasteiger partial charge in [0.05, 0.1) is 10.1 Å². The van der Waals surface area contributed by atoms with Crippen molar-refractivity contribution < 1.29 is 9.59 Å².